The highest BCUT2D eigenvalue weighted by Crippen LogP contribution is 2.37. The molecule has 0 spiro atoms. The van der Waals surface area contributed by atoms with Crippen molar-refractivity contribution in [2.45, 2.75) is 11.5 Å². The fourth-order valence-electron chi connectivity index (χ4n) is 2.93. The van der Waals surface area contributed by atoms with E-state index in [1.165, 1.54) is 7.11 Å². The minimum atomic E-state index is -1.07. The largest absolute Gasteiger partial charge is 0.497 e. The van der Waals surface area contributed by atoms with Crippen molar-refractivity contribution in [3.63, 3.8) is 0 Å². The molecule has 1 saturated heterocycles. The monoisotopic (exact) mass is 294 g/mol. The van der Waals surface area contributed by atoms with E-state index in [-0.39, 0.29) is 5.92 Å². The smallest absolute Gasteiger partial charge is 0.327 e. The summed E-state index contributed by atoms with van der Waals surface area (Å²) >= 11 is 0. The zero-order chi connectivity index (χ0) is 15.6. The van der Waals surface area contributed by atoms with Crippen molar-refractivity contribution in [2.75, 3.05) is 41.5 Å². The summed E-state index contributed by atoms with van der Waals surface area (Å²) in [7, 11) is 6.48. The normalized spacial score (nSPS) is 25.7. The zero-order valence-corrected chi connectivity index (χ0v) is 12.9. The van der Waals surface area contributed by atoms with Gasteiger partial charge in [-0.15, -0.1) is 0 Å². The summed E-state index contributed by atoms with van der Waals surface area (Å²) in [5.74, 6) is 0.759. The van der Waals surface area contributed by atoms with Gasteiger partial charge in [-0.2, -0.15) is 0 Å². The topological polar surface area (TPSA) is 74.0 Å². The molecular formula is C15H22N2O4. The molecule has 0 amide bonds. The van der Waals surface area contributed by atoms with Crippen LogP contribution in [0.5, 0.6) is 11.5 Å². The summed E-state index contributed by atoms with van der Waals surface area (Å²) in [4.78, 5) is 14.2. The van der Waals surface area contributed by atoms with E-state index >= 15 is 0 Å². The molecule has 1 aliphatic heterocycles. The molecule has 1 aromatic carbocycles. The lowest BCUT2D eigenvalue weighted by Gasteiger charge is -2.28. The zero-order valence-electron chi connectivity index (χ0n) is 12.9. The predicted octanol–water partition coefficient (Wildman–Crippen LogP) is 0.603. The number of esters is 1. The average molecular weight is 294 g/mol. The van der Waals surface area contributed by atoms with Gasteiger partial charge < -0.3 is 24.8 Å². The molecule has 1 aromatic rings. The number of nitrogens with zero attached hydrogens (tertiary/aromatic N) is 1. The first-order valence-corrected chi connectivity index (χ1v) is 6.73. The van der Waals surface area contributed by atoms with Crippen LogP contribution in [0, 0.1) is 0 Å². The highest BCUT2D eigenvalue weighted by Gasteiger charge is 2.50. The molecule has 0 aliphatic carbocycles. The van der Waals surface area contributed by atoms with Crippen molar-refractivity contribution in [1.82, 2.24) is 4.90 Å². The highest BCUT2D eigenvalue weighted by molar-refractivity contribution is 5.83. The summed E-state index contributed by atoms with van der Waals surface area (Å²) in [6.45, 7) is 1.12. The summed E-state index contributed by atoms with van der Waals surface area (Å²) in [6, 6.07) is 5.56. The van der Waals surface area contributed by atoms with Crippen LogP contribution in [0.2, 0.25) is 0 Å². The molecule has 2 atom stereocenters. The first kappa shape index (κ1) is 15.6. The number of nitrogens with two attached hydrogens (primary N) is 1. The van der Waals surface area contributed by atoms with Crippen molar-refractivity contribution in [2.24, 2.45) is 5.73 Å². The van der Waals surface area contributed by atoms with Gasteiger partial charge >= 0.3 is 5.97 Å². The van der Waals surface area contributed by atoms with E-state index in [0.29, 0.717) is 24.6 Å². The maximum atomic E-state index is 12.1. The van der Waals surface area contributed by atoms with E-state index in [1.54, 1.807) is 20.3 Å². The number of benzene rings is 1. The Balaban J connectivity index is 2.45. The maximum Gasteiger partial charge on any atom is 0.327 e. The Hall–Kier alpha value is -1.79. The molecule has 1 fully saturated rings. The summed E-state index contributed by atoms with van der Waals surface area (Å²) < 4.78 is 15.5. The number of rotatable bonds is 4. The van der Waals surface area contributed by atoms with Crippen LogP contribution in [0.15, 0.2) is 18.2 Å². The van der Waals surface area contributed by atoms with Gasteiger partial charge in [0.15, 0.2) is 0 Å². The van der Waals surface area contributed by atoms with Gasteiger partial charge in [0.25, 0.3) is 0 Å². The van der Waals surface area contributed by atoms with Gasteiger partial charge in [-0.25, -0.2) is 4.79 Å². The molecule has 2 N–H and O–H groups in total. The van der Waals surface area contributed by atoms with Crippen LogP contribution in [0.3, 0.4) is 0 Å². The molecule has 1 aliphatic rings. The number of carbonyl (C=O) groups is 1. The molecular weight excluding hydrogens is 272 g/mol. The Morgan fingerprint density at radius 1 is 1.24 bits per heavy atom. The van der Waals surface area contributed by atoms with Crippen LogP contribution in [0.1, 0.15) is 11.5 Å². The van der Waals surface area contributed by atoms with Gasteiger partial charge in [0.2, 0.25) is 0 Å². The quantitative estimate of drug-likeness (QED) is 0.820. The lowest BCUT2D eigenvalue weighted by Crippen LogP contribution is -2.54. The number of hydrogen-bond acceptors (Lipinski definition) is 6. The van der Waals surface area contributed by atoms with E-state index in [0.717, 1.165) is 5.56 Å². The second kappa shape index (κ2) is 5.91. The van der Waals surface area contributed by atoms with Gasteiger partial charge in [-0.3, -0.25) is 0 Å². The minimum absolute atomic E-state index is 0.182. The summed E-state index contributed by atoms with van der Waals surface area (Å²) in [6.07, 6.45) is 0. The molecule has 0 aromatic heterocycles. The van der Waals surface area contributed by atoms with E-state index in [2.05, 4.69) is 0 Å². The van der Waals surface area contributed by atoms with Gasteiger partial charge in [-0.1, -0.05) is 0 Å². The fourth-order valence-corrected chi connectivity index (χ4v) is 2.93. The summed E-state index contributed by atoms with van der Waals surface area (Å²) in [5, 5.41) is 0. The number of methoxy groups -OCH3 is 3. The SMILES string of the molecule is COC(=O)[C@]1(N)CN(C)C[C@H]1c1cc(OC)cc(OC)c1. The van der Waals surface area contributed by atoms with Crippen molar-refractivity contribution in [3.8, 4) is 11.5 Å². The first-order chi connectivity index (χ1) is 9.94. The molecule has 6 nitrogen and oxygen atoms in total. The molecule has 116 valence electrons. The van der Waals surface area contributed by atoms with Crippen LogP contribution < -0.4 is 15.2 Å². The van der Waals surface area contributed by atoms with E-state index < -0.39 is 11.5 Å². The van der Waals surface area contributed by atoms with Gasteiger partial charge in [0.1, 0.15) is 17.0 Å². The van der Waals surface area contributed by atoms with Crippen LogP contribution in [-0.4, -0.2) is 57.9 Å². The van der Waals surface area contributed by atoms with E-state index in [1.807, 2.05) is 24.1 Å². The third-order valence-corrected chi connectivity index (χ3v) is 3.99. The first-order valence-electron chi connectivity index (χ1n) is 6.73. The number of ether oxygens (including phenoxy) is 3. The van der Waals surface area contributed by atoms with E-state index in [4.69, 9.17) is 19.9 Å². The van der Waals surface area contributed by atoms with Crippen LogP contribution in [0.25, 0.3) is 0 Å². The fraction of sp³-hybridized carbons (Fsp3) is 0.533. The molecule has 2 rings (SSSR count). The summed E-state index contributed by atoms with van der Waals surface area (Å²) in [5.41, 5.74) is 6.20. The Morgan fingerprint density at radius 2 is 1.81 bits per heavy atom. The van der Waals surface area contributed by atoms with Gasteiger partial charge in [0.05, 0.1) is 21.3 Å². The molecule has 0 bridgehead atoms. The van der Waals surface area contributed by atoms with Crippen molar-refractivity contribution in [1.29, 1.82) is 0 Å². The number of hydrogen-bond donors (Lipinski definition) is 1. The Labute approximate surface area is 124 Å². The van der Waals surface area contributed by atoms with E-state index in [9.17, 15) is 4.79 Å². The Morgan fingerprint density at radius 3 is 2.29 bits per heavy atom. The standard InChI is InChI=1S/C15H22N2O4/c1-17-8-13(15(16,9-17)14(18)21-4)10-5-11(19-2)7-12(6-10)20-3/h5-7,13H,8-9,16H2,1-4H3/t13-,15-/m0/s1. The Kier molecular flexibility index (Phi) is 4.39. The second-order valence-corrected chi connectivity index (χ2v) is 5.43. The second-order valence-electron chi connectivity index (χ2n) is 5.43. The number of carbonyl (C=O) groups excluding carboxylic acids is 1. The number of likely N-dealkylation sites (tertiary alicyclic amines) is 1. The molecule has 0 unspecified atom stereocenters. The van der Waals surface area contributed by atoms with Gasteiger partial charge in [0, 0.05) is 25.1 Å². The Bertz CT molecular complexity index is 512. The van der Waals surface area contributed by atoms with Crippen molar-refractivity contribution in [3.05, 3.63) is 23.8 Å². The van der Waals surface area contributed by atoms with Crippen molar-refractivity contribution < 1.29 is 19.0 Å². The lowest BCUT2D eigenvalue weighted by atomic mass is 9.82. The molecule has 21 heavy (non-hydrogen) atoms. The van der Waals surface area contributed by atoms with Crippen LogP contribution in [0.4, 0.5) is 0 Å². The third kappa shape index (κ3) is 2.82. The molecule has 0 radical (unpaired) electrons. The number of likely N-dealkylation sites (N-methyl/N-ethyl adjacent to an activating group) is 1. The van der Waals surface area contributed by atoms with Crippen LogP contribution >= 0.6 is 0 Å². The van der Waals surface area contributed by atoms with Crippen LogP contribution in [-0.2, 0) is 9.53 Å². The maximum absolute atomic E-state index is 12.1. The average Bonchev–Trinajstić information content (AvgIpc) is 2.81. The molecule has 0 saturated carbocycles. The lowest BCUT2D eigenvalue weighted by molar-refractivity contribution is -0.147. The predicted molar refractivity (Wildman–Crippen MR) is 78.7 cm³/mol. The molecule has 6 heteroatoms. The third-order valence-electron chi connectivity index (χ3n) is 3.99. The van der Waals surface area contributed by atoms with Crippen molar-refractivity contribution >= 4 is 5.97 Å². The van der Waals surface area contributed by atoms with Gasteiger partial charge in [-0.05, 0) is 24.7 Å². The highest BCUT2D eigenvalue weighted by atomic mass is 16.5. The minimum Gasteiger partial charge on any atom is -0.497 e. The molecule has 1 heterocycles.